The van der Waals surface area contributed by atoms with Gasteiger partial charge in [0.15, 0.2) is 0 Å². The number of carbonyl (C=O) groups is 1. The van der Waals surface area contributed by atoms with Crippen LogP contribution in [0.2, 0.25) is 0 Å². The number of carbonyl (C=O) groups excluding carboxylic acids is 1. The fourth-order valence-corrected chi connectivity index (χ4v) is 3.37. The van der Waals surface area contributed by atoms with E-state index in [0.29, 0.717) is 28.0 Å². The quantitative estimate of drug-likeness (QED) is 0.351. The molecule has 0 amide bonds. The summed E-state index contributed by atoms with van der Waals surface area (Å²) >= 11 is 0. The number of rotatable bonds is 5. The second-order valence-corrected chi connectivity index (χ2v) is 6.89. The Labute approximate surface area is 173 Å². The molecule has 0 aliphatic carbocycles. The third-order valence-electron chi connectivity index (χ3n) is 4.84. The Morgan fingerprint density at radius 1 is 0.933 bits per heavy atom. The zero-order valence-corrected chi connectivity index (χ0v) is 16.7. The van der Waals surface area contributed by atoms with Crippen LogP contribution in [-0.4, -0.2) is 13.1 Å². The summed E-state index contributed by atoms with van der Waals surface area (Å²) in [6.07, 6.45) is 0.123. The van der Waals surface area contributed by atoms with E-state index in [-0.39, 0.29) is 11.8 Å². The molecule has 0 fully saturated rings. The van der Waals surface area contributed by atoms with Crippen LogP contribution < -0.4 is 14.9 Å². The van der Waals surface area contributed by atoms with Crippen molar-refractivity contribution in [2.75, 3.05) is 7.11 Å². The summed E-state index contributed by atoms with van der Waals surface area (Å²) in [6.45, 7) is 1.76. The Balaban J connectivity index is 1.59. The van der Waals surface area contributed by atoms with Crippen LogP contribution in [0.5, 0.6) is 11.5 Å². The molecule has 0 aliphatic rings. The maximum atomic E-state index is 13.0. The lowest BCUT2D eigenvalue weighted by molar-refractivity contribution is -0.133. The molecule has 1 aromatic heterocycles. The van der Waals surface area contributed by atoms with Crippen LogP contribution in [0, 0.1) is 6.92 Å². The summed E-state index contributed by atoms with van der Waals surface area (Å²) in [5.74, 6) is 1.16. The highest BCUT2D eigenvalue weighted by Gasteiger charge is 2.15. The number of fused-ring (bicyclic) bond motifs is 1. The van der Waals surface area contributed by atoms with Gasteiger partial charge in [0, 0.05) is 6.07 Å². The van der Waals surface area contributed by atoms with Crippen LogP contribution in [0.25, 0.3) is 22.1 Å². The molecule has 0 saturated heterocycles. The van der Waals surface area contributed by atoms with E-state index in [0.717, 1.165) is 16.9 Å². The van der Waals surface area contributed by atoms with Gasteiger partial charge in [-0.1, -0.05) is 42.5 Å². The summed E-state index contributed by atoms with van der Waals surface area (Å²) in [7, 11) is 1.59. The third kappa shape index (κ3) is 3.96. The third-order valence-corrected chi connectivity index (χ3v) is 4.84. The Bertz CT molecular complexity index is 1250. The first kappa shape index (κ1) is 19.5. The molecule has 4 aromatic rings. The maximum Gasteiger partial charge on any atom is 0.315 e. The molecule has 0 bridgehead atoms. The average molecular weight is 400 g/mol. The fraction of sp³-hybridized carbons (Fsp3) is 0.120. The second kappa shape index (κ2) is 8.25. The first-order chi connectivity index (χ1) is 14.5. The minimum atomic E-state index is -0.403. The van der Waals surface area contributed by atoms with Crippen molar-refractivity contribution in [1.29, 1.82) is 0 Å². The molecule has 5 heteroatoms. The molecule has 0 spiro atoms. The average Bonchev–Trinajstić information content (AvgIpc) is 2.75. The minimum Gasteiger partial charge on any atom is -0.497 e. The van der Waals surface area contributed by atoms with Gasteiger partial charge in [-0.3, -0.25) is 9.59 Å². The smallest absolute Gasteiger partial charge is 0.315 e. The van der Waals surface area contributed by atoms with Crippen molar-refractivity contribution in [3.05, 3.63) is 94.3 Å². The van der Waals surface area contributed by atoms with Gasteiger partial charge in [-0.05, 0) is 42.3 Å². The molecule has 1 heterocycles. The van der Waals surface area contributed by atoms with Gasteiger partial charge in [0.25, 0.3) is 0 Å². The molecule has 30 heavy (non-hydrogen) atoms. The van der Waals surface area contributed by atoms with Gasteiger partial charge in [-0.2, -0.15) is 0 Å². The van der Waals surface area contributed by atoms with Gasteiger partial charge in [0.05, 0.1) is 24.5 Å². The van der Waals surface area contributed by atoms with Crippen LogP contribution in [0.3, 0.4) is 0 Å². The largest absolute Gasteiger partial charge is 0.497 e. The summed E-state index contributed by atoms with van der Waals surface area (Å²) < 4.78 is 16.4. The Morgan fingerprint density at radius 3 is 2.33 bits per heavy atom. The molecule has 0 saturated carbocycles. The van der Waals surface area contributed by atoms with Crippen LogP contribution >= 0.6 is 0 Å². The maximum absolute atomic E-state index is 13.0. The lowest BCUT2D eigenvalue weighted by atomic mass is 10.0. The van der Waals surface area contributed by atoms with Gasteiger partial charge in [-0.15, -0.1) is 0 Å². The first-order valence-electron chi connectivity index (χ1n) is 9.51. The summed E-state index contributed by atoms with van der Waals surface area (Å²) in [4.78, 5) is 25.3. The molecule has 0 radical (unpaired) electrons. The van der Waals surface area contributed by atoms with E-state index in [1.807, 2.05) is 42.5 Å². The summed E-state index contributed by atoms with van der Waals surface area (Å²) in [5.41, 5.74) is 2.42. The normalized spacial score (nSPS) is 10.7. The number of ether oxygens (including phenoxy) is 2. The number of hydrogen-bond acceptors (Lipinski definition) is 5. The van der Waals surface area contributed by atoms with E-state index in [4.69, 9.17) is 13.9 Å². The zero-order valence-electron chi connectivity index (χ0n) is 16.7. The SMILES string of the molecule is COc1ccc(CC(=O)Oc2ccc3c(=O)c(-c4ccccc4)c(C)oc3c2)cc1. The van der Waals surface area contributed by atoms with E-state index in [1.54, 1.807) is 44.4 Å². The van der Waals surface area contributed by atoms with Crippen molar-refractivity contribution in [2.24, 2.45) is 0 Å². The van der Waals surface area contributed by atoms with E-state index >= 15 is 0 Å². The highest BCUT2D eigenvalue weighted by atomic mass is 16.5. The standard InChI is InChI=1S/C25H20O5/c1-16-24(18-6-4-3-5-7-18)25(27)21-13-12-20(15-22(21)29-16)30-23(26)14-17-8-10-19(28-2)11-9-17/h3-13,15H,14H2,1-2H3. The van der Waals surface area contributed by atoms with Crippen molar-refractivity contribution >= 4 is 16.9 Å². The van der Waals surface area contributed by atoms with Crippen molar-refractivity contribution in [3.63, 3.8) is 0 Å². The summed E-state index contributed by atoms with van der Waals surface area (Å²) in [6, 6.07) is 21.4. The number of hydrogen-bond donors (Lipinski definition) is 0. The number of benzene rings is 3. The van der Waals surface area contributed by atoms with E-state index < -0.39 is 5.97 Å². The number of methoxy groups -OCH3 is 1. The molecule has 0 unspecified atom stereocenters. The molecule has 5 nitrogen and oxygen atoms in total. The highest BCUT2D eigenvalue weighted by molar-refractivity contribution is 5.84. The number of aryl methyl sites for hydroxylation is 1. The van der Waals surface area contributed by atoms with E-state index in [2.05, 4.69) is 0 Å². The zero-order chi connectivity index (χ0) is 21.1. The van der Waals surface area contributed by atoms with Gasteiger partial charge in [0.1, 0.15) is 22.8 Å². The predicted octanol–water partition coefficient (Wildman–Crippen LogP) is 4.93. The first-order valence-corrected chi connectivity index (χ1v) is 9.51. The van der Waals surface area contributed by atoms with Crippen molar-refractivity contribution in [1.82, 2.24) is 0 Å². The van der Waals surface area contributed by atoms with Crippen LogP contribution in [0.1, 0.15) is 11.3 Å². The molecule has 3 aromatic carbocycles. The van der Waals surface area contributed by atoms with Crippen molar-refractivity contribution < 1.29 is 18.7 Å². The predicted molar refractivity (Wildman–Crippen MR) is 115 cm³/mol. The van der Waals surface area contributed by atoms with E-state index in [9.17, 15) is 9.59 Å². The summed E-state index contributed by atoms with van der Waals surface area (Å²) in [5, 5.41) is 0.439. The fourth-order valence-electron chi connectivity index (χ4n) is 3.37. The Kier molecular flexibility index (Phi) is 5.35. The van der Waals surface area contributed by atoms with Gasteiger partial charge in [0.2, 0.25) is 5.43 Å². The molecular weight excluding hydrogens is 380 g/mol. The van der Waals surface area contributed by atoms with Gasteiger partial charge < -0.3 is 13.9 Å². The van der Waals surface area contributed by atoms with Gasteiger partial charge >= 0.3 is 5.97 Å². The van der Waals surface area contributed by atoms with Crippen molar-refractivity contribution in [2.45, 2.75) is 13.3 Å². The molecule has 0 atom stereocenters. The monoisotopic (exact) mass is 400 g/mol. The molecular formula is C25H20O5. The lowest BCUT2D eigenvalue weighted by Crippen LogP contribution is -2.12. The molecule has 150 valence electrons. The van der Waals surface area contributed by atoms with Crippen LogP contribution in [-0.2, 0) is 11.2 Å². The topological polar surface area (TPSA) is 65.7 Å². The highest BCUT2D eigenvalue weighted by Crippen LogP contribution is 2.26. The Hall–Kier alpha value is -3.86. The lowest BCUT2D eigenvalue weighted by Gasteiger charge is -2.09. The minimum absolute atomic E-state index is 0.115. The Morgan fingerprint density at radius 2 is 1.63 bits per heavy atom. The second-order valence-electron chi connectivity index (χ2n) is 6.89. The van der Waals surface area contributed by atoms with Crippen molar-refractivity contribution in [3.8, 4) is 22.6 Å². The molecule has 0 N–H and O–H groups in total. The van der Waals surface area contributed by atoms with Crippen LogP contribution in [0.4, 0.5) is 0 Å². The van der Waals surface area contributed by atoms with Gasteiger partial charge in [-0.25, -0.2) is 0 Å². The molecule has 4 rings (SSSR count). The number of esters is 1. The van der Waals surface area contributed by atoms with Crippen LogP contribution in [0.15, 0.2) is 82.0 Å². The molecule has 0 aliphatic heterocycles. The van der Waals surface area contributed by atoms with E-state index in [1.165, 1.54) is 0 Å².